The smallest absolute Gasteiger partial charge is 0.127 e. The summed E-state index contributed by atoms with van der Waals surface area (Å²) in [5.74, 6) is 0.928. The molecule has 6 aromatic rings. The number of phenolic OH excluding ortho intramolecular Hbond substituents is 4. The molecule has 0 aliphatic rings. The van der Waals surface area contributed by atoms with Crippen LogP contribution in [-0.4, -0.2) is 50.8 Å². The first kappa shape index (κ1) is 55.2. The number of rotatable bonds is 8. The average molecular weight is 897 g/mol. The Kier molecular flexibility index (Phi) is 22.7. The first-order chi connectivity index (χ1) is 26.7. The number of aromatic hydroxyl groups is 4. The van der Waals surface area contributed by atoms with Gasteiger partial charge in [0.05, 0.1) is 22.7 Å². The van der Waals surface area contributed by atoms with E-state index in [2.05, 4.69) is 20.0 Å². The van der Waals surface area contributed by atoms with Gasteiger partial charge in [0.25, 0.3) is 0 Å². The van der Waals surface area contributed by atoms with Crippen LogP contribution < -0.4 is 0 Å². The summed E-state index contributed by atoms with van der Waals surface area (Å²) in [6.45, 7) is 15.4. The standard InChI is InChI=1S/2C24H24N2O2.2CH3.2Cr.H2O/c2*1-15-9-17(3)23(27)19(11-15)13-25-21-7-5-6-8-22(21)26-14-20-12-16(2)10-18(4)24(20)28;;;;;/h2*5-14,27-28H,1-4H3;2*1H3;;;1H2/q;;2*-1;;;. The summed E-state index contributed by atoms with van der Waals surface area (Å²) in [6.07, 6.45) is 6.60. The maximum absolute atomic E-state index is 10.3. The molecular formula is C50H56Cr2N4O5-2. The fraction of sp³-hybridized carbons (Fsp3) is 0.160. The Labute approximate surface area is 383 Å². The molecule has 61 heavy (non-hydrogen) atoms. The number of para-hydroxylation sites is 4. The number of aliphatic imine (C=N–C) groups is 4. The fourth-order valence-corrected chi connectivity index (χ4v) is 6.29. The molecule has 0 spiro atoms. The van der Waals surface area contributed by atoms with Crippen LogP contribution in [0, 0.1) is 70.2 Å². The molecule has 11 heteroatoms. The third-order valence-electron chi connectivity index (χ3n) is 9.03. The van der Waals surface area contributed by atoms with Crippen LogP contribution in [-0.2, 0) is 34.7 Å². The van der Waals surface area contributed by atoms with Gasteiger partial charge in [-0.2, -0.15) is 0 Å². The van der Waals surface area contributed by atoms with Crippen LogP contribution in [0.1, 0.15) is 66.8 Å². The third-order valence-corrected chi connectivity index (χ3v) is 9.03. The zero-order valence-electron chi connectivity index (χ0n) is 36.4. The minimum absolute atomic E-state index is 0. The molecule has 0 bridgehead atoms. The van der Waals surface area contributed by atoms with Crippen molar-refractivity contribution in [1.82, 2.24) is 0 Å². The van der Waals surface area contributed by atoms with E-state index in [-0.39, 0.29) is 78.0 Å². The molecule has 0 aliphatic carbocycles. The molecule has 320 valence electrons. The summed E-state index contributed by atoms with van der Waals surface area (Å²) in [6, 6.07) is 30.3. The Balaban J connectivity index is 0.00000109. The van der Waals surface area contributed by atoms with Crippen molar-refractivity contribution in [3.05, 3.63) is 179 Å². The zero-order valence-corrected chi connectivity index (χ0v) is 39.0. The van der Waals surface area contributed by atoms with Gasteiger partial charge in [0.15, 0.2) is 0 Å². The van der Waals surface area contributed by atoms with Gasteiger partial charge in [-0.15, -0.1) is 0 Å². The van der Waals surface area contributed by atoms with E-state index in [1.54, 1.807) is 24.9 Å². The topological polar surface area (TPSA) is 162 Å². The average Bonchev–Trinajstić information content (AvgIpc) is 3.16. The zero-order chi connectivity index (χ0) is 40.5. The van der Waals surface area contributed by atoms with Crippen LogP contribution >= 0.6 is 0 Å². The second-order valence-electron chi connectivity index (χ2n) is 14.1. The summed E-state index contributed by atoms with van der Waals surface area (Å²) in [7, 11) is 0. The van der Waals surface area contributed by atoms with Crippen molar-refractivity contribution in [3.63, 3.8) is 0 Å². The van der Waals surface area contributed by atoms with Crippen LogP contribution in [0.15, 0.2) is 117 Å². The molecule has 6 rings (SSSR count). The summed E-state index contributed by atoms with van der Waals surface area (Å²) in [5, 5.41) is 41.0. The van der Waals surface area contributed by atoms with Crippen molar-refractivity contribution in [2.75, 3.05) is 0 Å². The van der Waals surface area contributed by atoms with Gasteiger partial charge in [-0.05, 0) is 148 Å². The molecule has 0 atom stereocenters. The van der Waals surface area contributed by atoms with Gasteiger partial charge in [-0.1, -0.05) is 48.5 Å². The van der Waals surface area contributed by atoms with E-state index in [9.17, 15) is 20.4 Å². The van der Waals surface area contributed by atoms with E-state index in [0.29, 0.717) is 45.0 Å². The number of phenols is 4. The van der Waals surface area contributed by atoms with E-state index >= 15 is 0 Å². The third kappa shape index (κ3) is 14.7. The van der Waals surface area contributed by atoms with Gasteiger partial charge in [-0.25, -0.2) is 0 Å². The number of hydrogen-bond acceptors (Lipinski definition) is 8. The Morgan fingerprint density at radius 1 is 0.344 bits per heavy atom. The van der Waals surface area contributed by atoms with Crippen molar-refractivity contribution in [1.29, 1.82) is 0 Å². The van der Waals surface area contributed by atoms with Crippen LogP contribution in [0.25, 0.3) is 0 Å². The van der Waals surface area contributed by atoms with Gasteiger partial charge in [-0.3, -0.25) is 20.0 Å². The number of aryl methyl sites for hydroxylation is 8. The molecule has 0 aromatic heterocycles. The maximum Gasteiger partial charge on any atom is 0.127 e. The molecule has 0 heterocycles. The number of nitrogens with zero attached hydrogens (tertiary/aromatic N) is 4. The van der Waals surface area contributed by atoms with Crippen molar-refractivity contribution in [2.24, 2.45) is 20.0 Å². The van der Waals surface area contributed by atoms with Crippen LogP contribution in [0.2, 0.25) is 0 Å². The van der Waals surface area contributed by atoms with Crippen molar-refractivity contribution >= 4 is 47.6 Å². The molecule has 0 saturated carbocycles. The minimum atomic E-state index is 0. The summed E-state index contributed by atoms with van der Waals surface area (Å²) in [4.78, 5) is 18.1. The summed E-state index contributed by atoms with van der Waals surface area (Å²) >= 11 is 0. The molecule has 0 radical (unpaired) electrons. The van der Waals surface area contributed by atoms with E-state index in [1.165, 1.54) is 0 Å². The Bertz CT molecular complexity index is 2180. The maximum atomic E-state index is 10.3. The van der Waals surface area contributed by atoms with E-state index in [4.69, 9.17) is 0 Å². The SMILES string of the molecule is Cc1cc(C)c(O)c(C=Nc2ccccc2N=Cc2cc(C)cc(C)c2O)c1.Cc1cc(C)c(O)c(C=Nc2ccccc2N=Cc2cc(C)cc(C)c2O)c1.O.[CH3-].[CH3-].[Cr].[Cr]. The molecule has 0 fully saturated rings. The van der Waals surface area contributed by atoms with Crippen molar-refractivity contribution < 1.29 is 60.6 Å². The van der Waals surface area contributed by atoms with Gasteiger partial charge in [0.1, 0.15) is 23.0 Å². The first-order valence-corrected chi connectivity index (χ1v) is 18.2. The number of benzene rings is 6. The number of hydrogen-bond donors (Lipinski definition) is 4. The molecule has 0 amide bonds. The van der Waals surface area contributed by atoms with Gasteiger partial charge in [0.2, 0.25) is 0 Å². The van der Waals surface area contributed by atoms with Gasteiger partial charge in [0, 0.05) is 81.8 Å². The Morgan fingerprint density at radius 2 is 0.525 bits per heavy atom. The normalized spacial score (nSPS) is 10.6. The fourth-order valence-electron chi connectivity index (χ4n) is 6.29. The Hall–Kier alpha value is -5.78. The summed E-state index contributed by atoms with van der Waals surface area (Å²) in [5.41, 5.74) is 12.9. The first-order valence-electron chi connectivity index (χ1n) is 18.2. The van der Waals surface area contributed by atoms with Gasteiger partial charge < -0.3 is 40.8 Å². The molecule has 0 unspecified atom stereocenters. The van der Waals surface area contributed by atoms with E-state index < -0.39 is 0 Å². The predicted molar refractivity (Wildman–Crippen MR) is 249 cm³/mol. The monoisotopic (exact) mass is 896 g/mol. The summed E-state index contributed by atoms with van der Waals surface area (Å²) < 4.78 is 0. The minimum Gasteiger partial charge on any atom is -0.507 e. The van der Waals surface area contributed by atoms with Gasteiger partial charge >= 0.3 is 0 Å². The molecule has 6 aromatic carbocycles. The van der Waals surface area contributed by atoms with E-state index in [0.717, 1.165) is 44.5 Å². The molecule has 0 saturated heterocycles. The molecule has 0 aliphatic heterocycles. The second kappa shape index (κ2) is 25.1. The largest absolute Gasteiger partial charge is 0.507 e. The molecular weight excluding hydrogens is 841 g/mol. The van der Waals surface area contributed by atoms with E-state index in [1.807, 2.05) is 152 Å². The van der Waals surface area contributed by atoms with Crippen molar-refractivity contribution in [3.8, 4) is 23.0 Å². The van der Waals surface area contributed by atoms with Crippen LogP contribution in [0.4, 0.5) is 22.7 Å². The van der Waals surface area contributed by atoms with Crippen molar-refractivity contribution in [2.45, 2.75) is 55.4 Å². The quantitative estimate of drug-likeness (QED) is 0.0884. The molecule has 6 N–H and O–H groups in total. The second-order valence-corrected chi connectivity index (χ2v) is 14.1. The van der Waals surface area contributed by atoms with Crippen LogP contribution in [0.5, 0.6) is 23.0 Å². The predicted octanol–water partition coefficient (Wildman–Crippen LogP) is 11.7. The molecule has 9 nitrogen and oxygen atoms in total. The Morgan fingerprint density at radius 3 is 0.705 bits per heavy atom. The van der Waals surface area contributed by atoms with Crippen LogP contribution in [0.3, 0.4) is 0 Å².